The molecule has 11 heavy (non-hydrogen) atoms. The third kappa shape index (κ3) is 1.57. The number of carbonyl (C=O) groups excluding carboxylic acids is 1. The van der Waals surface area contributed by atoms with Crippen LogP contribution in [0.1, 0.15) is 10.8 Å². The van der Waals surface area contributed by atoms with Crippen molar-refractivity contribution in [3.05, 3.63) is 22.4 Å². The van der Waals surface area contributed by atoms with Crippen LogP contribution in [-0.4, -0.2) is 5.91 Å². The maximum Gasteiger partial charge on any atom is 0.240 e. The van der Waals surface area contributed by atoms with Crippen molar-refractivity contribution in [2.45, 2.75) is 5.92 Å². The Labute approximate surface area is 68.1 Å². The molecular formula is C7H6N2OS. The fourth-order valence-electron chi connectivity index (χ4n) is 0.723. The Morgan fingerprint density at radius 3 is 2.91 bits per heavy atom. The summed E-state index contributed by atoms with van der Waals surface area (Å²) in [5.74, 6) is -1.37. The van der Waals surface area contributed by atoms with Crippen LogP contribution in [0.5, 0.6) is 0 Å². The third-order valence-corrected chi connectivity index (χ3v) is 2.18. The average Bonchev–Trinajstić information content (AvgIpc) is 2.40. The summed E-state index contributed by atoms with van der Waals surface area (Å²) < 4.78 is 0. The molecular weight excluding hydrogens is 160 g/mol. The number of primary amides is 1. The number of thiophene rings is 1. The molecule has 1 aromatic rings. The van der Waals surface area contributed by atoms with Gasteiger partial charge in [0.05, 0.1) is 6.07 Å². The molecule has 0 aliphatic heterocycles. The zero-order chi connectivity index (χ0) is 8.27. The van der Waals surface area contributed by atoms with Gasteiger partial charge in [0.1, 0.15) is 0 Å². The molecule has 0 fully saturated rings. The fourth-order valence-corrected chi connectivity index (χ4v) is 1.50. The normalized spacial score (nSPS) is 11.9. The van der Waals surface area contributed by atoms with Gasteiger partial charge in [0, 0.05) is 4.88 Å². The lowest BCUT2D eigenvalue weighted by Crippen LogP contribution is -2.18. The molecule has 0 aliphatic carbocycles. The van der Waals surface area contributed by atoms with Crippen LogP contribution < -0.4 is 5.73 Å². The van der Waals surface area contributed by atoms with E-state index in [0.717, 1.165) is 0 Å². The highest BCUT2D eigenvalue weighted by Gasteiger charge is 2.16. The summed E-state index contributed by atoms with van der Waals surface area (Å²) in [6.45, 7) is 0. The molecule has 56 valence electrons. The maximum absolute atomic E-state index is 10.6. The van der Waals surface area contributed by atoms with Gasteiger partial charge >= 0.3 is 0 Å². The van der Waals surface area contributed by atoms with Gasteiger partial charge in [0.15, 0.2) is 5.92 Å². The van der Waals surface area contributed by atoms with Crippen LogP contribution in [-0.2, 0) is 4.79 Å². The summed E-state index contributed by atoms with van der Waals surface area (Å²) in [5.41, 5.74) is 4.98. The van der Waals surface area contributed by atoms with Crippen molar-refractivity contribution < 1.29 is 4.79 Å². The molecule has 1 heterocycles. The minimum atomic E-state index is -0.782. The van der Waals surface area contributed by atoms with E-state index in [-0.39, 0.29) is 0 Å². The number of hydrogen-bond donors (Lipinski definition) is 1. The zero-order valence-corrected chi connectivity index (χ0v) is 6.47. The number of nitriles is 1. The van der Waals surface area contributed by atoms with Crippen molar-refractivity contribution in [3.63, 3.8) is 0 Å². The molecule has 4 heteroatoms. The van der Waals surface area contributed by atoms with Gasteiger partial charge < -0.3 is 5.73 Å². The predicted octanol–water partition coefficient (Wildman–Crippen LogP) is 0.841. The molecule has 0 aliphatic rings. The highest BCUT2D eigenvalue weighted by molar-refractivity contribution is 7.10. The summed E-state index contributed by atoms with van der Waals surface area (Å²) >= 11 is 1.36. The second-order valence-corrected chi connectivity index (χ2v) is 2.96. The van der Waals surface area contributed by atoms with Gasteiger partial charge in [-0.15, -0.1) is 11.3 Å². The maximum atomic E-state index is 10.6. The van der Waals surface area contributed by atoms with Crippen LogP contribution >= 0.6 is 11.3 Å². The minimum absolute atomic E-state index is 0.588. The molecule has 0 saturated carbocycles. The van der Waals surface area contributed by atoms with Gasteiger partial charge in [0.25, 0.3) is 0 Å². The topological polar surface area (TPSA) is 66.9 Å². The van der Waals surface area contributed by atoms with Gasteiger partial charge in [-0.1, -0.05) is 6.07 Å². The predicted molar refractivity (Wildman–Crippen MR) is 41.9 cm³/mol. The Morgan fingerprint density at radius 1 is 1.82 bits per heavy atom. The molecule has 0 radical (unpaired) electrons. The molecule has 1 atom stereocenters. The molecule has 1 rings (SSSR count). The number of amides is 1. The fraction of sp³-hybridized carbons (Fsp3) is 0.143. The summed E-state index contributed by atoms with van der Waals surface area (Å²) in [6.07, 6.45) is 0. The molecule has 1 amide bonds. The van der Waals surface area contributed by atoms with Gasteiger partial charge in [-0.3, -0.25) is 4.79 Å². The first-order chi connectivity index (χ1) is 5.25. The van der Waals surface area contributed by atoms with Crippen LogP contribution in [0.15, 0.2) is 17.5 Å². The van der Waals surface area contributed by atoms with Crippen LogP contribution in [0.25, 0.3) is 0 Å². The third-order valence-electron chi connectivity index (χ3n) is 1.24. The highest BCUT2D eigenvalue weighted by atomic mass is 32.1. The van der Waals surface area contributed by atoms with E-state index in [1.807, 2.05) is 11.4 Å². The molecule has 2 N–H and O–H groups in total. The van der Waals surface area contributed by atoms with Crippen LogP contribution in [0, 0.1) is 11.3 Å². The summed E-state index contributed by atoms with van der Waals surface area (Å²) in [5, 5.41) is 10.3. The monoisotopic (exact) mass is 166 g/mol. The summed E-state index contributed by atoms with van der Waals surface area (Å²) in [6, 6.07) is 5.35. The Kier molecular flexibility index (Phi) is 2.24. The van der Waals surface area contributed by atoms with Crippen molar-refractivity contribution in [2.24, 2.45) is 5.73 Å². The van der Waals surface area contributed by atoms with Crippen molar-refractivity contribution >= 4 is 17.2 Å². The Morgan fingerprint density at radius 2 is 2.55 bits per heavy atom. The van der Waals surface area contributed by atoms with E-state index in [9.17, 15) is 4.79 Å². The van der Waals surface area contributed by atoms with Crippen molar-refractivity contribution in [1.82, 2.24) is 0 Å². The van der Waals surface area contributed by atoms with E-state index >= 15 is 0 Å². The van der Waals surface area contributed by atoms with Crippen LogP contribution in [0.2, 0.25) is 0 Å². The smallest absolute Gasteiger partial charge is 0.240 e. The van der Waals surface area contributed by atoms with Gasteiger partial charge in [0.2, 0.25) is 5.91 Å². The quantitative estimate of drug-likeness (QED) is 0.707. The van der Waals surface area contributed by atoms with Crippen molar-refractivity contribution in [1.29, 1.82) is 5.26 Å². The van der Waals surface area contributed by atoms with Crippen LogP contribution in [0.4, 0.5) is 0 Å². The van der Waals surface area contributed by atoms with Crippen LogP contribution in [0.3, 0.4) is 0 Å². The van der Waals surface area contributed by atoms with Crippen molar-refractivity contribution in [2.75, 3.05) is 0 Å². The van der Waals surface area contributed by atoms with Crippen molar-refractivity contribution in [3.8, 4) is 6.07 Å². The SMILES string of the molecule is N#CC(C(N)=O)c1cccs1. The number of nitrogens with two attached hydrogens (primary N) is 1. The van der Waals surface area contributed by atoms with Gasteiger partial charge in [-0.25, -0.2) is 0 Å². The van der Waals surface area contributed by atoms with Gasteiger partial charge in [-0.2, -0.15) is 5.26 Å². The number of rotatable bonds is 2. The molecule has 0 bridgehead atoms. The summed E-state index contributed by atoms with van der Waals surface area (Å²) in [7, 11) is 0. The molecule has 0 aromatic carbocycles. The standard InChI is InChI=1S/C7H6N2OS/c8-4-5(7(9)10)6-2-1-3-11-6/h1-3,5H,(H2,9,10). The van der Waals surface area contributed by atoms with E-state index in [1.54, 1.807) is 12.1 Å². The second-order valence-electron chi connectivity index (χ2n) is 1.98. The lowest BCUT2D eigenvalue weighted by molar-refractivity contribution is -0.118. The van der Waals surface area contributed by atoms with E-state index in [2.05, 4.69) is 0 Å². The Bertz CT molecular complexity index is 286. The van der Waals surface area contributed by atoms with E-state index in [4.69, 9.17) is 11.0 Å². The largest absolute Gasteiger partial charge is 0.368 e. The van der Waals surface area contributed by atoms with Gasteiger partial charge in [-0.05, 0) is 11.4 Å². The first-order valence-electron chi connectivity index (χ1n) is 2.98. The Hall–Kier alpha value is -1.34. The molecule has 3 nitrogen and oxygen atoms in total. The number of carbonyl (C=O) groups is 1. The lowest BCUT2D eigenvalue weighted by Gasteiger charge is -1.98. The number of hydrogen-bond acceptors (Lipinski definition) is 3. The summed E-state index contributed by atoms with van der Waals surface area (Å²) in [4.78, 5) is 11.3. The highest BCUT2D eigenvalue weighted by Crippen LogP contribution is 2.19. The molecule has 1 unspecified atom stereocenters. The average molecular weight is 166 g/mol. The van der Waals surface area contributed by atoms with E-state index < -0.39 is 11.8 Å². The van der Waals surface area contributed by atoms with E-state index in [0.29, 0.717) is 4.88 Å². The zero-order valence-electron chi connectivity index (χ0n) is 5.65. The molecule has 1 aromatic heterocycles. The Balaban J connectivity index is 2.91. The van der Waals surface area contributed by atoms with E-state index in [1.165, 1.54) is 11.3 Å². The lowest BCUT2D eigenvalue weighted by atomic mass is 10.1. The molecule has 0 saturated heterocycles. The number of nitrogens with zero attached hydrogens (tertiary/aromatic N) is 1. The first kappa shape index (κ1) is 7.76. The first-order valence-corrected chi connectivity index (χ1v) is 3.86. The second kappa shape index (κ2) is 3.17. The minimum Gasteiger partial charge on any atom is -0.368 e. The molecule has 0 spiro atoms.